The van der Waals surface area contributed by atoms with Crippen molar-refractivity contribution >= 4 is 30.7 Å². The lowest BCUT2D eigenvalue weighted by Crippen LogP contribution is -2.49. The highest BCUT2D eigenvalue weighted by atomic mass is 28.4. The first-order valence-electron chi connectivity index (χ1n) is 20.6. The first-order valence-corrected chi connectivity index (χ1v) is 29.3. The molecule has 51 heavy (non-hydrogen) atoms. The van der Waals surface area contributed by atoms with Gasteiger partial charge in [0.2, 0.25) is 16.6 Å². The molecule has 0 radical (unpaired) electrons. The van der Waals surface area contributed by atoms with Crippen molar-refractivity contribution in [3.8, 4) is 11.5 Å². The zero-order chi connectivity index (χ0) is 38.2. The van der Waals surface area contributed by atoms with Crippen LogP contribution in [-0.4, -0.2) is 37.3 Å². The van der Waals surface area contributed by atoms with Gasteiger partial charge in [-0.3, -0.25) is 4.79 Å². The molecule has 288 valence electrons. The Bertz CT molecular complexity index is 1370. The van der Waals surface area contributed by atoms with E-state index in [2.05, 4.69) is 120 Å². The molecule has 5 aliphatic carbocycles. The number of hydrogen-bond donors (Lipinski definition) is 0. The fraction of sp³-hybridized carbons (Fsp3) is 0.795. The van der Waals surface area contributed by atoms with Gasteiger partial charge in [0.1, 0.15) is 11.5 Å². The molecular weight excluding hydrogens is 677 g/mol. The van der Waals surface area contributed by atoms with Gasteiger partial charge in [-0.25, -0.2) is 0 Å². The largest absolute Gasteiger partial charge is 0.543 e. The summed E-state index contributed by atoms with van der Waals surface area (Å²) in [6.45, 7) is 40.0. The van der Waals surface area contributed by atoms with Crippen LogP contribution < -0.4 is 8.85 Å². The highest BCUT2D eigenvalue weighted by Crippen LogP contribution is 2.62. The molecule has 0 heterocycles. The van der Waals surface area contributed by atoms with Crippen molar-refractivity contribution in [1.82, 2.24) is 0 Å². The van der Waals surface area contributed by atoms with Gasteiger partial charge in [-0.15, -0.1) is 0 Å². The summed E-state index contributed by atoms with van der Waals surface area (Å²) in [6, 6.07) is 4.99. The highest BCUT2D eigenvalue weighted by Gasteiger charge is 2.53. The number of hydrogen-bond acceptors (Lipinski definition) is 4. The van der Waals surface area contributed by atoms with Crippen molar-refractivity contribution in [3.63, 3.8) is 0 Å². The van der Waals surface area contributed by atoms with Crippen LogP contribution in [0.3, 0.4) is 0 Å². The minimum absolute atomic E-state index is 0.0118. The van der Waals surface area contributed by atoms with Crippen LogP contribution in [0.1, 0.15) is 137 Å². The molecule has 0 saturated heterocycles. The van der Waals surface area contributed by atoms with Gasteiger partial charge in [-0.05, 0) is 165 Å². The van der Waals surface area contributed by atoms with Crippen LogP contribution in [0.2, 0.25) is 54.4 Å². The van der Waals surface area contributed by atoms with Gasteiger partial charge in [0.15, 0.2) is 14.1 Å². The minimum atomic E-state index is -2.27. The lowest BCUT2D eigenvalue weighted by Gasteiger charge is -2.57. The molecule has 1 aromatic rings. The molecule has 5 saturated carbocycles. The van der Waals surface area contributed by atoms with E-state index in [9.17, 15) is 4.79 Å². The molecule has 6 rings (SSSR count). The van der Waals surface area contributed by atoms with Gasteiger partial charge in [0.25, 0.3) is 0 Å². The molecule has 3 atom stereocenters. The maximum absolute atomic E-state index is 13.9. The fourth-order valence-electron chi connectivity index (χ4n) is 9.52. The third-order valence-electron chi connectivity index (χ3n) is 15.5. The molecule has 0 N–H and O–H groups in total. The summed E-state index contributed by atoms with van der Waals surface area (Å²) < 4.78 is 22.0. The molecule has 1 aromatic carbocycles. The Labute approximate surface area is 317 Å². The molecule has 0 aromatic heterocycles. The fourth-order valence-corrected chi connectivity index (χ4v) is 12.7. The van der Waals surface area contributed by atoms with Gasteiger partial charge in [0, 0.05) is 24.0 Å². The number of ketones is 1. The van der Waals surface area contributed by atoms with E-state index in [1.807, 2.05) is 0 Å². The maximum atomic E-state index is 13.9. The molecule has 0 unspecified atom stereocenters. The van der Waals surface area contributed by atoms with E-state index in [1.54, 1.807) is 6.08 Å². The SMILES string of the molecule is C=CC(=O)[C@@H]1CC[C@@H](CO[Si](C)(C)C(C)(C)C)C[C@H]1c1c(O[Si](C)(C)C(C)(C)C)cc(C23CC4CC(CC(C4)C2)C3)cc1O[Si](C)(C)C(C)(C)C. The standard InChI is InChI=1S/C44H76O4Si3/c1-17-37(45)35-19-18-30(29-46-49(11,12)41(2,3)4)23-36(35)40-38(47-50(13,14)42(5,6)7)24-34(25-39(40)48-51(15,16)43(8,9)10)44-26-31-20-32(27-44)22-33(21-31)28-44/h17,24-25,30-33,35-36H,1,18-23,26-29H2,2-16H3/t30-,31?,32?,33?,35-,36-,44?/m1/s1. The lowest BCUT2D eigenvalue weighted by atomic mass is 9.48. The summed E-state index contributed by atoms with van der Waals surface area (Å²) in [4.78, 5) is 13.9. The van der Waals surface area contributed by atoms with Crippen molar-refractivity contribution in [2.45, 2.75) is 186 Å². The Morgan fingerprint density at radius 3 is 1.55 bits per heavy atom. The van der Waals surface area contributed by atoms with Crippen molar-refractivity contribution in [1.29, 1.82) is 0 Å². The van der Waals surface area contributed by atoms with Crippen LogP contribution in [0.15, 0.2) is 24.8 Å². The second-order valence-corrected chi connectivity index (χ2v) is 36.6. The Morgan fingerprint density at radius 1 is 0.725 bits per heavy atom. The van der Waals surface area contributed by atoms with Crippen LogP contribution in [-0.2, 0) is 14.6 Å². The smallest absolute Gasteiger partial charge is 0.250 e. The van der Waals surface area contributed by atoms with Crippen molar-refractivity contribution < 1.29 is 18.1 Å². The molecule has 0 amide bonds. The zero-order valence-corrected chi connectivity index (χ0v) is 38.6. The minimum Gasteiger partial charge on any atom is -0.543 e. The third kappa shape index (κ3) is 8.27. The number of carbonyl (C=O) groups excluding carboxylic acids is 1. The summed E-state index contributed by atoms with van der Waals surface area (Å²) in [5, 5.41) is 0.220. The van der Waals surface area contributed by atoms with E-state index >= 15 is 0 Å². The van der Waals surface area contributed by atoms with Gasteiger partial charge < -0.3 is 13.3 Å². The summed E-state index contributed by atoms with van der Waals surface area (Å²) in [5.74, 6) is 4.96. The monoisotopic (exact) mass is 753 g/mol. The summed E-state index contributed by atoms with van der Waals surface area (Å²) in [6.07, 6.45) is 12.5. The predicted octanol–water partition coefficient (Wildman–Crippen LogP) is 13.2. The van der Waals surface area contributed by atoms with Gasteiger partial charge in [0.05, 0.1) is 0 Å². The number of carbonyl (C=O) groups is 1. The third-order valence-corrected chi connectivity index (χ3v) is 28.7. The number of allylic oxidation sites excluding steroid dienone is 1. The number of benzene rings is 1. The average Bonchev–Trinajstić information content (AvgIpc) is 2.97. The van der Waals surface area contributed by atoms with Crippen LogP contribution in [0, 0.1) is 29.6 Å². The Balaban J connectivity index is 1.71. The first-order chi connectivity index (χ1) is 23.2. The molecule has 4 bridgehead atoms. The van der Waals surface area contributed by atoms with E-state index in [-0.39, 0.29) is 38.1 Å². The van der Waals surface area contributed by atoms with Crippen molar-refractivity contribution in [2.75, 3.05) is 6.61 Å². The van der Waals surface area contributed by atoms with E-state index < -0.39 is 25.0 Å². The van der Waals surface area contributed by atoms with Gasteiger partial charge in [-0.2, -0.15) is 0 Å². The molecule has 4 nitrogen and oxygen atoms in total. The van der Waals surface area contributed by atoms with Crippen LogP contribution >= 0.6 is 0 Å². The maximum Gasteiger partial charge on any atom is 0.250 e. The average molecular weight is 753 g/mol. The Kier molecular flexibility index (Phi) is 11.1. The van der Waals surface area contributed by atoms with Crippen LogP contribution in [0.5, 0.6) is 11.5 Å². The molecule has 0 spiro atoms. The van der Waals surface area contributed by atoms with E-state index in [0.717, 1.165) is 60.7 Å². The summed E-state index contributed by atoms with van der Waals surface area (Å²) in [5.41, 5.74) is 2.82. The van der Waals surface area contributed by atoms with E-state index in [0.29, 0.717) is 5.92 Å². The summed E-state index contributed by atoms with van der Waals surface area (Å²) >= 11 is 0. The molecular formula is C44H76O4Si3. The predicted molar refractivity (Wildman–Crippen MR) is 224 cm³/mol. The van der Waals surface area contributed by atoms with Gasteiger partial charge in [-0.1, -0.05) is 68.9 Å². The highest BCUT2D eigenvalue weighted by molar-refractivity contribution is 6.75. The topological polar surface area (TPSA) is 44.8 Å². The van der Waals surface area contributed by atoms with Crippen LogP contribution in [0.25, 0.3) is 0 Å². The lowest BCUT2D eigenvalue weighted by molar-refractivity contribution is -0.120. The molecule has 7 heteroatoms. The second-order valence-electron chi connectivity index (χ2n) is 22.4. The molecule has 5 fully saturated rings. The number of rotatable bonds is 11. The van der Waals surface area contributed by atoms with Crippen molar-refractivity contribution in [3.05, 3.63) is 35.9 Å². The van der Waals surface area contributed by atoms with Crippen LogP contribution in [0.4, 0.5) is 0 Å². The Hall–Kier alpha value is -1.16. The van der Waals surface area contributed by atoms with Crippen molar-refractivity contribution in [2.24, 2.45) is 29.6 Å². The Morgan fingerprint density at radius 2 is 1.16 bits per heavy atom. The summed E-state index contributed by atoms with van der Waals surface area (Å²) in [7, 11) is -6.47. The van der Waals surface area contributed by atoms with E-state index in [1.165, 1.54) is 44.1 Å². The molecule has 0 aliphatic heterocycles. The van der Waals surface area contributed by atoms with Gasteiger partial charge >= 0.3 is 0 Å². The second kappa shape index (κ2) is 13.8. The quantitative estimate of drug-likeness (QED) is 0.167. The first kappa shape index (κ1) is 41.0. The normalized spacial score (nSPS) is 30.3. The zero-order valence-electron chi connectivity index (χ0n) is 35.6. The van der Waals surface area contributed by atoms with E-state index in [4.69, 9.17) is 13.3 Å². The molecule has 5 aliphatic rings.